The fourth-order valence-corrected chi connectivity index (χ4v) is 2.87. The Hall–Kier alpha value is -1.83. The zero-order chi connectivity index (χ0) is 14.8. The fourth-order valence-electron chi connectivity index (χ4n) is 2.06. The summed E-state index contributed by atoms with van der Waals surface area (Å²) in [6.07, 6.45) is 0. The van der Waals surface area contributed by atoms with E-state index in [-0.39, 0.29) is 5.46 Å². The Labute approximate surface area is 125 Å². The van der Waals surface area contributed by atoms with E-state index >= 15 is 0 Å². The third-order valence-corrected chi connectivity index (χ3v) is 3.97. The molecule has 0 aliphatic heterocycles. The molecule has 1 aromatic heterocycles. The summed E-state index contributed by atoms with van der Waals surface area (Å²) >= 11 is 1.43. The van der Waals surface area contributed by atoms with E-state index in [1.165, 1.54) is 17.8 Å². The van der Waals surface area contributed by atoms with Crippen LogP contribution >= 0.6 is 11.8 Å². The van der Waals surface area contributed by atoms with Crippen LogP contribution in [0.4, 0.5) is 4.39 Å². The SMILES string of the molecule is OB(O)c1cc(F)cc(CSc2nc3ccccc3[nH]2)c1. The van der Waals surface area contributed by atoms with Gasteiger partial charge in [-0.2, -0.15) is 0 Å². The van der Waals surface area contributed by atoms with Gasteiger partial charge >= 0.3 is 7.12 Å². The lowest BCUT2D eigenvalue weighted by Gasteiger charge is -2.04. The van der Waals surface area contributed by atoms with Crippen LogP contribution in [-0.2, 0) is 5.75 Å². The largest absolute Gasteiger partial charge is 0.488 e. The summed E-state index contributed by atoms with van der Waals surface area (Å²) in [6, 6.07) is 11.8. The van der Waals surface area contributed by atoms with Crippen LogP contribution in [0.25, 0.3) is 11.0 Å². The molecule has 2 aromatic carbocycles. The molecule has 0 bridgehead atoms. The normalized spacial score (nSPS) is 11.0. The zero-order valence-electron chi connectivity index (χ0n) is 11.0. The number of halogens is 1. The topological polar surface area (TPSA) is 69.1 Å². The van der Waals surface area contributed by atoms with E-state index in [2.05, 4.69) is 9.97 Å². The lowest BCUT2D eigenvalue weighted by molar-refractivity contribution is 0.425. The molecule has 7 heteroatoms. The average molecular weight is 302 g/mol. The molecule has 0 aliphatic rings. The third-order valence-electron chi connectivity index (χ3n) is 3.02. The van der Waals surface area contributed by atoms with Gasteiger partial charge in [-0.15, -0.1) is 0 Å². The van der Waals surface area contributed by atoms with Gasteiger partial charge in [-0.3, -0.25) is 0 Å². The minimum Gasteiger partial charge on any atom is -0.423 e. The first-order chi connectivity index (χ1) is 10.1. The monoisotopic (exact) mass is 302 g/mol. The smallest absolute Gasteiger partial charge is 0.423 e. The minimum atomic E-state index is -1.67. The summed E-state index contributed by atoms with van der Waals surface area (Å²) in [4.78, 5) is 7.60. The van der Waals surface area contributed by atoms with Crippen molar-refractivity contribution in [2.24, 2.45) is 0 Å². The Bertz CT molecular complexity index is 746. The Balaban J connectivity index is 1.78. The van der Waals surface area contributed by atoms with Gasteiger partial charge in [0.1, 0.15) is 5.82 Å². The summed E-state index contributed by atoms with van der Waals surface area (Å²) in [6.45, 7) is 0. The number of nitrogens with one attached hydrogen (secondary N) is 1. The van der Waals surface area contributed by atoms with E-state index < -0.39 is 12.9 Å². The number of para-hydroxylation sites is 2. The molecule has 0 saturated carbocycles. The van der Waals surface area contributed by atoms with Crippen LogP contribution in [0.3, 0.4) is 0 Å². The van der Waals surface area contributed by atoms with Gasteiger partial charge in [0, 0.05) is 5.75 Å². The highest BCUT2D eigenvalue weighted by atomic mass is 32.2. The lowest BCUT2D eigenvalue weighted by atomic mass is 9.79. The number of aromatic amines is 1. The highest BCUT2D eigenvalue weighted by Gasteiger charge is 2.13. The molecule has 3 N–H and O–H groups in total. The highest BCUT2D eigenvalue weighted by Crippen LogP contribution is 2.22. The summed E-state index contributed by atoms with van der Waals surface area (Å²) in [7, 11) is -1.67. The van der Waals surface area contributed by atoms with E-state index in [9.17, 15) is 4.39 Å². The van der Waals surface area contributed by atoms with Crippen molar-refractivity contribution in [3.05, 3.63) is 53.8 Å². The van der Waals surface area contributed by atoms with Gasteiger partial charge in [-0.1, -0.05) is 30.0 Å². The standard InChI is InChI=1S/C14H12BFN2O2S/c16-11-6-9(5-10(7-11)15(19)20)8-21-14-17-12-3-1-2-4-13(12)18-14/h1-7,19-20H,8H2,(H,17,18). The van der Waals surface area contributed by atoms with Crippen molar-refractivity contribution in [2.45, 2.75) is 10.9 Å². The van der Waals surface area contributed by atoms with Gasteiger partial charge in [0.2, 0.25) is 0 Å². The van der Waals surface area contributed by atoms with Crippen molar-refractivity contribution in [3.8, 4) is 0 Å². The number of nitrogens with zero attached hydrogens (tertiary/aromatic N) is 1. The summed E-state index contributed by atoms with van der Waals surface area (Å²) in [5.41, 5.74) is 2.65. The molecular weight excluding hydrogens is 290 g/mol. The molecule has 4 nitrogen and oxygen atoms in total. The van der Waals surface area contributed by atoms with E-state index in [0.717, 1.165) is 22.3 Å². The maximum absolute atomic E-state index is 13.4. The first-order valence-electron chi connectivity index (χ1n) is 6.35. The third kappa shape index (κ3) is 3.26. The van der Waals surface area contributed by atoms with Gasteiger partial charge in [0.25, 0.3) is 0 Å². The van der Waals surface area contributed by atoms with Crippen molar-refractivity contribution in [1.29, 1.82) is 0 Å². The van der Waals surface area contributed by atoms with Gasteiger partial charge in [-0.05, 0) is 35.3 Å². The van der Waals surface area contributed by atoms with Crippen LogP contribution in [-0.4, -0.2) is 27.1 Å². The molecule has 0 spiro atoms. The molecule has 0 aliphatic carbocycles. The van der Waals surface area contributed by atoms with Crippen LogP contribution in [0, 0.1) is 5.82 Å². The van der Waals surface area contributed by atoms with Crippen molar-refractivity contribution in [3.63, 3.8) is 0 Å². The molecule has 21 heavy (non-hydrogen) atoms. The molecule has 0 saturated heterocycles. The van der Waals surface area contributed by atoms with Crippen molar-refractivity contribution < 1.29 is 14.4 Å². The first-order valence-corrected chi connectivity index (χ1v) is 7.33. The number of H-pyrrole nitrogens is 1. The second-order valence-electron chi connectivity index (χ2n) is 4.61. The Morgan fingerprint density at radius 2 is 2.00 bits per heavy atom. The van der Waals surface area contributed by atoms with Crippen LogP contribution in [0.2, 0.25) is 0 Å². The Morgan fingerprint density at radius 3 is 2.76 bits per heavy atom. The Kier molecular flexibility index (Phi) is 3.96. The summed E-state index contributed by atoms with van der Waals surface area (Å²) < 4.78 is 13.4. The Morgan fingerprint density at radius 1 is 1.19 bits per heavy atom. The second kappa shape index (κ2) is 5.89. The maximum Gasteiger partial charge on any atom is 0.488 e. The molecule has 106 valence electrons. The number of hydrogen-bond donors (Lipinski definition) is 3. The maximum atomic E-state index is 13.4. The molecule has 0 unspecified atom stereocenters. The molecular formula is C14H12BFN2O2S. The highest BCUT2D eigenvalue weighted by molar-refractivity contribution is 7.98. The number of benzene rings is 2. The van der Waals surface area contributed by atoms with Gasteiger partial charge in [0.15, 0.2) is 5.16 Å². The van der Waals surface area contributed by atoms with E-state index in [1.54, 1.807) is 6.07 Å². The number of fused-ring (bicyclic) bond motifs is 1. The number of hydrogen-bond acceptors (Lipinski definition) is 4. The molecule has 0 atom stereocenters. The quantitative estimate of drug-likeness (QED) is 0.506. The van der Waals surface area contributed by atoms with Crippen LogP contribution in [0.1, 0.15) is 5.56 Å². The molecule has 0 radical (unpaired) electrons. The molecule has 0 fully saturated rings. The average Bonchev–Trinajstić information content (AvgIpc) is 2.87. The number of imidazole rings is 1. The van der Waals surface area contributed by atoms with Crippen molar-refractivity contribution >= 4 is 35.4 Å². The van der Waals surface area contributed by atoms with Crippen molar-refractivity contribution in [1.82, 2.24) is 9.97 Å². The second-order valence-corrected chi connectivity index (χ2v) is 5.58. The lowest BCUT2D eigenvalue weighted by Crippen LogP contribution is -2.30. The predicted molar refractivity (Wildman–Crippen MR) is 81.9 cm³/mol. The number of aromatic nitrogens is 2. The van der Waals surface area contributed by atoms with Crippen LogP contribution in [0.5, 0.6) is 0 Å². The molecule has 0 amide bonds. The van der Waals surface area contributed by atoms with E-state index in [4.69, 9.17) is 10.0 Å². The van der Waals surface area contributed by atoms with Gasteiger partial charge < -0.3 is 15.0 Å². The van der Waals surface area contributed by atoms with Crippen LogP contribution in [0.15, 0.2) is 47.6 Å². The molecule has 1 heterocycles. The van der Waals surface area contributed by atoms with E-state index in [1.807, 2.05) is 24.3 Å². The summed E-state index contributed by atoms with van der Waals surface area (Å²) in [5, 5.41) is 19.0. The van der Waals surface area contributed by atoms with E-state index in [0.29, 0.717) is 11.3 Å². The zero-order valence-corrected chi connectivity index (χ0v) is 11.8. The molecule has 3 aromatic rings. The fraction of sp³-hybridized carbons (Fsp3) is 0.0714. The van der Waals surface area contributed by atoms with Gasteiger partial charge in [-0.25, -0.2) is 9.37 Å². The minimum absolute atomic E-state index is 0.148. The van der Waals surface area contributed by atoms with Gasteiger partial charge in [0.05, 0.1) is 11.0 Å². The molecule has 3 rings (SSSR count). The number of thioether (sulfide) groups is 1. The predicted octanol–water partition coefficient (Wildman–Crippen LogP) is 1.67. The number of rotatable bonds is 4. The first kappa shape index (κ1) is 14.1. The summed E-state index contributed by atoms with van der Waals surface area (Å²) in [5.74, 6) is -0.00193. The van der Waals surface area contributed by atoms with Crippen molar-refractivity contribution in [2.75, 3.05) is 0 Å². The van der Waals surface area contributed by atoms with Crippen LogP contribution < -0.4 is 5.46 Å².